The third-order valence-electron chi connectivity index (χ3n) is 2.35. The summed E-state index contributed by atoms with van der Waals surface area (Å²) < 4.78 is 9.98. The van der Waals surface area contributed by atoms with E-state index in [1.807, 2.05) is 24.3 Å². The second-order valence-electron chi connectivity index (χ2n) is 3.83. The Bertz CT molecular complexity index is 385. The molecule has 0 bridgehead atoms. The fraction of sp³-hybridized carbons (Fsp3) is 0.182. The number of benzene rings is 1. The van der Waals surface area contributed by atoms with Gasteiger partial charge in [-0.15, -0.1) is 0 Å². The van der Waals surface area contributed by atoms with Crippen LogP contribution in [0.25, 0.3) is 5.76 Å². The maximum absolute atomic E-state index is 10.2. The number of hydrogen-bond acceptors (Lipinski definition) is 3. The zero-order chi connectivity index (χ0) is 12.2. The van der Waals surface area contributed by atoms with Crippen molar-refractivity contribution in [2.75, 3.05) is 0 Å². The summed E-state index contributed by atoms with van der Waals surface area (Å²) in [5.41, 5.74) is 0.787. The Morgan fingerprint density at radius 1 is 1.38 bits per heavy atom. The summed E-state index contributed by atoms with van der Waals surface area (Å²) in [6, 6.07) is 7.64. The third kappa shape index (κ3) is 2.91. The van der Waals surface area contributed by atoms with Gasteiger partial charge in [0.2, 0.25) is 18.8 Å². The summed E-state index contributed by atoms with van der Waals surface area (Å²) >= 11 is 0. The van der Waals surface area contributed by atoms with Crippen LogP contribution in [-0.2, 0) is 13.6 Å². The Balaban J connectivity index is 2.91. The summed E-state index contributed by atoms with van der Waals surface area (Å²) in [6.07, 6.45) is 0. The van der Waals surface area contributed by atoms with E-state index in [4.69, 9.17) is 4.12 Å². The quantitative estimate of drug-likeness (QED) is 0.449. The number of hydrogen-bond donors (Lipinski definition) is 0. The molecule has 0 aliphatic heterocycles. The predicted octanol–water partition coefficient (Wildman–Crippen LogP) is 1.34. The fourth-order valence-corrected chi connectivity index (χ4v) is 2.68. The average Bonchev–Trinajstić information content (AvgIpc) is 2.29. The minimum Gasteiger partial charge on any atom is -0.454 e. The van der Waals surface area contributed by atoms with Gasteiger partial charge in [-0.3, -0.25) is 4.79 Å². The molecule has 0 heterocycles. The van der Waals surface area contributed by atoms with Crippen molar-refractivity contribution in [1.29, 1.82) is 0 Å². The van der Waals surface area contributed by atoms with Crippen molar-refractivity contribution in [2.24, 2.45) is 0 Å². The van der Waals surface area contributed by atoms with Gasteiger partial charge in [0.15, 0.2) is 0 Å². The van der Waals surface area contributed by atoms with Gasteiger partial charge >= 0.3 is 0 Å². The van der Waals surface area contributed by atoms with Crippen LogP contribution < -0.4 is 5.19 Å². The van der Waals surface area contributed by atoms with Gasteiger partial charge in [0.25, 0.3) is 6.47 Å². The Labute approximate surface area is 99.8 Å². The molecule has 1 rings (SSSR count). The molecule has 3 radical (unpaired) electrons. The van der Waals surface area contributed by atoms with Crippen LogP contribution in [0.3, 0.4) is 0 Å². The lowest BCUT2D eigenvalue weighted by Crippen LogP contribution is -2.43. The first-order chi connectivity index (χ1) is 7.51. The second-order valence-corrected chi connectivity index (χ2v) is 8.24. The van der Waals surface area contributed by atoms with Gasteiger partial charge in [0, 0.05) is 5.56 Å². The van der Waals surface area contributed by atoms with Gasteiger partial charge in [-0.25, -0.2) is 0 Å². The Hall–Kier alpha value is -1.18. The molecule has 0 N–H and O–H groups in total. The maximum atomic E-state index is 10.2. The zero-order valence-corrected chi connectivity index (χ0v) is 11.3. The van der Waals surface area contributed by atoms with Gasteiger partial charge in [-0.2, -0.15) is 0 Å². The molecule has 0 saturated heterocycles. The second kappa shape index (κ2) is 5.24. The third-order valence-corrected chi connectivity index (χ3v) is 6.11. The molecule has 0 unspecified atom stereocenters. The zero-order valence-electron chi connectivity index (χ0n) is 9.32. The normalized spacial score (nSPS) is 10.9. The van der Waals surface area contributed by atoms with Gasteiger partial charge < -0.3 is 8.85 Å². The average molecular weight is 249 g/mol. The Kier molecular flexibility index (Phi) is 4.22. The summed E-state index contributed by atoms with van der Waals surface area (Å²) in [4.78, 5) is 10.2. The standard InChI is InChI=1S/C11H13O3Si2/c1-9(13-8-12)10-4-6-11(7-5-10)16(2,3)14-15/h4-8H,1H2,2-3H3. The lowest BCUT2D eigenvalue weighted by Gasteiger charge is -2.20. The van der Waals surface area contributed by atoms with Gasteiger partial charge in [0.1, 0.15) is 5.76 Å². The van der Waals surface area contributed by atoms with Crippen LogP contribution in [0.15, 0.2) is 30.8 Å². The molecule has 1 aromatic carbocycles. The van der Waals surface area contributed by atoms with Crippen molar-refractivity contribution in [3.05, 3.63) is 36.4 Å². The van der Waals surface area contributed by atoms with E-state index in [9.17, 15) is 4.79 Å². The molecule has 0 amide bonds. The monoisotopic (exact) mass is 249 g/mol. The highest BCUT2D eigenvalue weighted by Crippen LogP contribution is 2.12. The molecule has 3 nitrogen and oxygen atoms in total. The van der Waals surface area contributed by atoms with Crippen LogP contribution >= 0.6 is 0 Å². The molecule has 16 heavy (non-hydrogen) atoms. The molecule has 0 fully saturated rings. The predicted molar refractivity (Wildman–Crippen MR) is 66.6 cm³/mol. The molecule has 0 aliphatic carbocycles. The SMILES string of the molecule is C=C(OC=O)c1ccc([Si](C)(C)O[Si])cc1. The summed E-state index contributed by atoms with van der Waals surface area (Å²) in [7, 11) is 1.25. The maximum Gasteiger partial charge on any atom is 0.298 e. The molecular formula is C11H13O3Si2. The molecule has 1 aromatic rings. The largest absolute Gasteiger partial charge is 0.454 e. The van der Waals surface area contributed by atoms with E-state index < -0.39 is 8.32 Å². The first-order valence-corrected chi connectivity index (χ1v) is 8.08. The number of carbonyl (C=O) groups excluding carboxylic acids is 1. The van der Waals surface area contributed by atoms with Gasteiger partial charge in [-0.05, 0) is 18.3 Å². The number of rotatable bonds is 5. The summed E-state index contributed by atoms with van der Waals surface area (Å²) in [6.45, 7) is 8.17. The van der Waals surface area contributed by atoms with Crippen molar-refractivity contribution < 1.29 is 13.6 Å². The lowest BCUT2D eigenvalue weighted by atomic mass is 10.2. The number of carbonyl (C=O) groups is 1. The Morgan fingerprint density at radius 3 is 2.38 bits per heavy atom. The fourth-order valence-electron chi connectivity index (χ4n) is 1.24. The van der Waals surface area contributed by atoms with E-state index in [1.54, 1.807) is 0 Å². The van der Waals surface area contributed by atoms with E-state index in [2.05, 4.69) is 34.9 Å². The van der Waals surface area contributed by atoms with E-state index in [-0.39, 0.29) is 0 Å². The lowest BCUT2D eigenvalue weighted by molar-refractivity contribution is -0.122. The topological polar surface area (TPSA) is 35.5 Å². The smallest absolute Gasteiger partial charge is 0.298 e. The first-order valence-electron chi connectivity index (χ1n) is 4.76. The van der Waals surface area contributed by atoms with Crippen LogP contribution in [0.2, 0.25) is 13.1 Å². The first kappa shape index (κ1) is 12.9. The van der Waals surface area contributed by atoms with E-state index in [1.165, 1.54) is 0 Å². The molecule has 0 spiro atoms. The van der Waals surface area contributed by atoms with Crippen molar-refractivity contribution >= 4 is 36.2 Å². The van der Waals surface area contributed by atoms with Crippen molar-refractivity contribution in [3.63, 3.8) is 0 Å². The molecule has 0 aromatic heterocycles. The highest BCUT2D eigenvalue weighted by atomic mass is 28.4. The number of ether oxygens (including phenoxy) is 1. The van der Waals surface area contributed by atoms with Gasteiger partial charge in [-0.1, -0.05) is 30.8 Å². The molecule has 83 valence electrons. The summed E-state index contributed by atoms with van der Waals surface area (Å²) in [5.74, 6) is 0.348. The van der Waals surface area contributed by atoms with Gasteiger partial charge in [0.05, 0.1) is 0 Å². The van der Waals surface area contributed by atoms with Crippen LogP contribution in [0.4, 0.5) is 0 Å². The van der Waals surface area contributed by atoms with Crippen LogP contribution in [0, 0.1) is 0 Å². The minimum atomic E-state index is -1.86. The van der Waals surface area contributed by atoms with E-state index >= 15 is 0 Å². The molecule has 0 saturated carbocycles. The molecule has 0 aliphatic rings. The van der Waals surface area contributed by atoms with Crippen LogP contribution in [0.5, 0.6) is 0 Å². The molecular weight excluding hydrogens is 236 g/mol. The van der Waals surface area contributed by atoms with Crippen molar-refractivity contribution in [3.8, 4) is 0 Å². The summed E-state index contributed by atoms with van der Waals surface area (Å²) in [5, 5.41) is 1.14. The van der Waals surface area contributed by atoms with Crippen molar-refractivity contribution in [2.45, 2.75) is 13.1 Å². The van der Waals surface area contributed by atoms with E-state index in [0.717, 1.165) is 10.8 Å². The van der Waals surface area contributed by atoms with Crippen molar-refractivity contribution in [1.82, 2.24) is 0 Å². The highest BCUT2D eigenvalue weighted by molar-refractivity contribution is 6.86. The van der Waals surface area contributed by atoms with E-state index in [0.29, 0.717) is 12.2 Å². The molecule has 0 atom stereocenters. The van der Waals surface area contributed by atoms with Crippen LogP contribution in [-0.4, -0.2) is 25.3 Å². The molecule has 5 heteroatoms. The highest BCUT2D eigenvalue weighted by Gasteiger charge is 2.22. The Morgan fingerprint density at radius 2 is 1.94 bits per heavy atom. The minimum absolute atomic E-state index is 0.348. The van der Waals surface area contributed by atoms with Crippen LogP contribution in [0.1, 0.15) is 5.56 Å².